The van der Waals surface area contributed by atoms with Crippen LogP contribution in [0.5, 0.6) is 11.5 Å². The molecular weight excluding hydrogens is 405 g/mol. The predicted octanol–water partition coefficient (Wildman–Crippen LogP) is 3.63. The summed E-state index contributed by atoms with van der Waals surface area (Å²) in [5, 5.41) is 13.9. The summed E-state index contributed by atoms with van der Waals surface area (Å²) in [7, 11) is 0. The fourth-order valence-electron chi connectivity index (χ4n) is 2.87. The van der Waals surface area contributed by atoms with Gasteiger partial charge in [-0.05, 0) is 30.3 Å². The molecule has 2 aromatic rings. The Bertz CT molecular complexity index is 1010. The van der Waals surface area contributed by atoms with Gasteiger partial charge in [-0.2, -0.15) is 0 Å². The summed E-state index contributed by atoms with van der Waals surface area (Å²) in [5.74, 6) is -2.42. The maximum atomic E-state index is 14.0. The lowest BCUT2D eigenvalue weighted by Crippen LogP contribution is -2.28. The first-order valence-corrected chi connectivity index (χ1v) is 9.09. The first kappa shape index (κ1) is 20.6. The van der Waals surface area contributed by atoms with Gasteiger partial charge in [0.15, 0.2) is 11.9 Å². The number of aromatic hydroxyl groups is 1. The van der Waals surface area contributed by atoms with Crippen LogP contribution in [0, 0.1) is 5.82 Å². The molecule has 1 aliphatic rings. The zero-order valence-electron chi connectivity index (χ0n) is 15.6. The molecule has 152 valence electrons. The number of ketones is 1. The molecule has 0 aliphatic carbocycles. The van der Waals surface area contributed by atoms with Crippen molar-refractivity contribution in [2.24, 2.45) is 5.16 Å². The summed E-state index contributed by atoms with van der Waals surface area (Å²) in [6.45, 7) is 3.15. The molecule has 0 aromatic heterocycles. The van der Waals surface area contributed by atoms with Crippen molar-refractivity contribution < 1.29 is 33.4 Å². The Balaban J connectivity index is 1.96. The average Bonchev–Trinajstić information content (AvgIpc) is 3.12. The molecule has 0 saturated carbocycles. The second kappa shape index (κ2) is 8.48. The van der Waals surface area contributed by atoms with E-state index < -0.39 is 29.4 Å². The van der Waals surface area contributed by atoms with Crippen LogP contribution < -0.4 is 4.74 Å². The van der Waals surface area contributed by atoms with E-state index in [4.69, 9.17) is 21.1 Å². The van der Waals surface area contributed by atoms with Gasteiger partial charge in [-0.15, -0.1) is 0 Å². The molecule has 1 N–H and O–H groups in total. The van der Waals surface area contributed by atoms with Crippen LogP contribution in [0.25, 0.3) is 0 Å². The summed E-state index contributed by atoms with van der Waals surface area (Å²) in [6.07, 6.45) is -0.590. The number of nitrogens with zero attached hydrogens (tertiary/aromatic N) is 1. The van der Waals surface area contributed by atoms with Crippen LogP contribution >= 0.6 is 11.6 Å². The van der Waals surface area contributed by atoms with Gasteiger partial charge in [0.05, 0.1) is 17.7 Å². The lowest BCUT2D eigenvalue weighted by molar-refractivity contribution is -0.141. The number of oxime groups is 1. The Hall–Kier alpha value is -3.13. The van der Waals surface area contributed by atoms with Gasteiger partial charge in [0.25, 0.3) is 5.90 Å². The number of hydrogen-bond donors (Lipinski definition) is 1. The van der Waals surface area contributed by atoms with Crippen molar-refractivity contribution in [3.8, 4) is 11.5 Å². The topological polar surface area (TPSA) is 94.4 Å². The molecule has 1 atom stereocenters. The molecule has 3 rings (SSSR count). The van der Waals surface area contributed by atoms with Gasteiger partial charge in [0, 0.05) is 18.9 Å². The molecule has 0 bridgehead atoms. The van der Waals surface area contributed by atoms with E-state index in [0.29, 0.717) is 5.56 Å². The summed E-state index contributed by atoms with van der Waals surface area (Å²) >= 11 is 6.20. The van der Waals surface area contributed by atoms with Crippen molar-refractivity contribution >= 4 is 29.3 Å². The number of rotatable bonds is 5. The minimum Gasteiger partial charge on any atom is -0.505 e. The third-order valence-electron chi connectivity index (χ3n) is 4.13. The molecule has 1 aliphatic heterocycles. The van der Waals surface area contributed by atoms with Crippen LogP contribution in [0.1, 0.15) is 35.3 Å². The van der Waals surface area contributed by atoms with E-state index in [2.05, 4.69) is 9.99 Å². The van der Waals surface area contributed by atoms with Crippen molar-refractivity contribution in [1.29, 1.82) is 0 Å². The number of ether oxygens (including phenoxy) is 2. The molecule has 0 fully saturated rings. The molecule has 9 heteroatoms. The molecular formula is C20H17ClFNO6. The van der Waals surface area contributed by atoms with Crippen molar-refractivity contribution in [3.63, 3.8) is 0 Å². The highest BCUT2D eigenvalue weighted by Crippen LogP contribution is 2.44. The molecule has 0 amide bonds. The van der Waals surface area contributed by atoms with Crippen molar-refractivity contribution in [2.75, 3.05) is 6.61 Å². The fourth-order valence-corrected chi connectivity index (χ4v) is 3.14. The Morgan fingerprint density at radius 1 is 1.34 bits per heavy atom. The largest absolute Gasteiger partial charge is 0.505 e. The number of carbonyl (C=O) groups excluding carboxylic acids is 2. The molecule has 0 spiro atoms. The SMILES string of the molecule is CCO/C(=N/OC(C)=O)C1Cc2cc(C(=O)c3ccccc3F)c(O)c(Cl)c2O1. The van der Waals surface area contributed by atoms with E-state index in [1.54, 1.807) is 6.92 Å². The van der Waals surface area contributed by atoms with Crippen LogP contribution in [0.4, 0.5) is 4.39 Å². The zero-order valence-corrected chi connectivity index (χ0v) is 16.3. The van der Waals surface area contributed by atoms with Crippen LogP contribution in [0.3, 0.4) is 0 Å². The average molecular weight is 422 g/mol. The van der Waals surface area contributed by atoms with Gasteiger partial charge in [-0.3, -0.25) is 4.79 Å². The van der Waals surface area contributed by atoms with Gasteiger partial charge >= 0.3 is 5.97 Å². The number of benzene rings is 2. The molecule has 7 nitrogen and oxygen atoms in total. The lowest BCUT2D eigenvalue weighted by atomic mass is 9.98. The van der Waals surface area contributed by atoms with E-state index in [0.717, 1.165) is 6.07 Å². The van der Waals surface area contributed by atoms with Crippen LogP contribution in [0.15, 0.2) is 35.5 Å². The number of phenols is 1. The van der Waals surface area contributed by atoms with Crippen LogP contribution in [0.2, 0.25) is 5.02 Å². The van der Waals surface area contributed by atoms with E-state index in [-0.39, 0.29) is 40.8 Å². The molecule has 2 aromatic carbocycles. The number of fused-ring (bicyclic) bond motifs is 1. The second-order valence-corrected chi connectivity index (χ2v) is 6.52. The molecule has 0 radical (unpaired) electrons. The second-order valence-electron chi connectivity index (χ2n) is 6.14. The number of hydrogen-bond acceptors (Lipinski definition) is 7. The predicted molar refractivity (Wildman–Crippen MR) is 102 cm³/mol. The van der Waals surface area contributed by atoms with E-state index in [1.807, 2.05) is 0 Å². The third-order valence-corrected chi connectivity index (χ3v) is 4.48. The fraction of sp³-hybridized carbons (Fsp3) is 0.250. The van der Waals surface area contributed by atoms with Crippen molar-refractivity contribution in [3.05, 3.63) is 57.9 Å². The van der Waals surface area contributed by atoms with Gasteiger partial charge in [-0.25, -0.2) is 9.18 Å². The summed E-state index contributed by atoms with van der Waals surface area (Å²) < 4.78 is 25.1. The number of phenolic OH excluding ortho intramolecular Hbond substituents is 1. The monoisotopic (exact) mass is 421 g/mol. The molecule has 29 heavy (non-hydrogen) atoms. The maximum Gasteiger partial charge on any atom is 0.332 e. The minimum absolute atomic E-state index is 0.0106. The molecule has 1 heterocycles. The summed E-state index contributed by atoms with van der Waals surface area (Å²) in [6, 6.07) is 6.83. The quantitative estimate of drug-likeness (QED) is 0.260. The van der Waals surface area contributed by atoms with E-state index >= 15 is 0 Å². The summed E-state index contributed by atoms with van der Waals surface area (Å²) in [4.78, 5) is 28.4. The first-order valence-electron chi connectivity index (χ1n) is 8.72. The highest BCUT2D eigenvalue weighted by atomic mass is 35.5. The van der Waals surface area contributed by atoms with Crippen molar-refractivity contribution in [1.82, 2.24) is 0 Å². The number of carbonyl (C=O) groups is 2. The zero-order chi connectivity index (χ0) is 21.1. The minimum atomic E-state index is -0.778. The Morgan fingerprint density at radius 2 is 2.07 bits per heavy atom. The van der Waals surface area contributed by atoms with E-state index in [1.165, 1.54) is 31.2 Å². The van der Waals surface area contributed by atoms with Crippen LogP contribution in [-0.4, -0.2) is 35.5 Å². The highest BCUT2D eigenvalue weighted by molar-refractivity contribution is 6.34. The molecule has 0 saturated heterocycles. The number of halogens is 2. The highest BCUT2D eigenvalue weighted by Gasteiger charge is 2.34. The Kier molecular flexibility index (Phi) is 6.03. The van der Waals surface area contributed by atoms with Crippen LogP contribution in [-0.2, 0) is 20.8 Å². The first-order chi connectivity index (χ1) is 13.8. The van der Waals surface area contributed by atoms with Gasteiger partial charge < -0.3 is 19.4 Å². The normalized spacial score (nSPS) is 15.4. The standard InChI is InChI=1S/C20H17ClFNO6/c1-3-27-20(23-29-10(2)24)15-9-11-8-13(18(26)16(21)19(11)28-15)17(25)12-6-4-5-7-14(12)22/h4-8,15,26H,3,9H2,1-2H3/b23-20+. The van der Waals surface area contributed by atoms with Gasteiger partial charge in [0.1, 0.15) is 22.3 Å². The Labute approximate surface area is 170 Å². The lowest BCUT2D eigenvalue weighted by Gasteiger charge is -2.13. The third kappa shape index (κ3) is 4.17. The smallest absolute Gasteiger partial charge is 0.332 e. The molecule has 1 unspecified atom stereocenters. The maximum absolute atomic E-state index is 14.0. The summed E-state index contributed by atoms with van der Waals surface area (Å²) in [5.41, 5.74) is 0.145. The van der Waals surface area contributed by atoms with Crippen molar-refractivity contribution in [2.45, 2.75) is 26.4 Å². The van der Waals surface area contributed by atoms with Gasteiger partial charge in [-0.1, -0.05) is 23.7 Å². The Morgan fingerprint density at radius 3 is 2.72 bits per heavy atom. The van der Waals surface area contributed by atoms with E-state index in [9.17, 15) is 19.1 Å². The van der Waals surface area contributed by atoms with Gasteiger partial charge in [0.2, 0.25) is 0 Å².